The minimum atomic E-state index is -0.0831. The number of para-hydroxylation sites is 1. The number of anilines is 2. The summed E-state index contributed by atoms with van der Waals surface area (Å²) in [6.07, 6.45) is 2.70. The number of hydrogen-bond acceptors (Lipinski definition) is 3. The van der Waals surface area contributed by atoms with Crippen molar-refractivity contribution in [3.8, 4) is 0 Å². The van der Waals surface area contributed by atoms with Crippen LogP contribution >= 0.6 is 0 Å². The molecule has 0 spiro atoms. The van der Waals surface area contributed by atoms with Crippen LogP contribution in [0.4, 0.5) is 11.5 Å². The molecule has 4 heteroatoms. The molecule has 0 fully saturated rings. The minimum absolute atomic E-state index is 0.0831. The van der Waals surface area contributed by atoms with E-state index in [1.807, 2.05) is 24.3 Å². The van der Waals surface area contributed by atoms with Gasteiger partial charge in [-0.1, -0.05) is 48.0 Å². The second-order valence-electron chi connectivity index (χ2n) is 7.13. The zero-order valence-corrected chi connectivity index (χ0v) is 15.6. The molecule has 4 nitrogen and oxygen atoms in total. The summed E-state index contributed by atoms with van der Waals surface area (Å²) in [4.78, 5) is 19.4. The van der Waals surface area contributed by atoms with Gasteiger partial charge in [0.05, 0.1) is 0 Å². The highest BCUT2D eigenvalue weighted by Gasteiger charge is 2.27. The Hall–Kier alpha value is -3.14. The molecule has 0 saturated heterocycles. The summed E-state index contributed by atoms with van der Waals surface area (Å²) < 4.78 is 0. The van der Waals surface area contributed by atoms with Crippen molar-refractivity contribution < 1.29 is 4.79 Å². The maximum atomic E-state index is 12.6. The maximum absolute atomic E-state index is 12.6. The Morgan fingerprint density at radius 2 is 2.00 bits per heavy atom. The Morgan fingerprint density at radius 3 is 2.85 bits per heavy atom. The third kappa shape index (κ3) is 3.56. The summed E-state index contributed by atoms with van der Waals surface area (Å²) >= 11 is 0. The van der Waals surface area contributed by atoms with Gasteiger partial charge >= 0.3 is 0 Å². The van der Waals surface area contributed by atoms with E-state index in [9.17, 15) is 4.79 Å². The van der Waals surface area contributed by atoms with Crippen LogP contribution in [-0.4, -0.2) is 16.9 Å². The number of rotatable bonds is 4. The van der Waals surface area contributed by atoms with E-state index in [2.05, 4.69) is 59.4 Å². The molecule has 136 valence electrons. The number of carbonyl (C=O) groups is 1. The predicted molar refractivity (Wildman–Crippen MR) is 108 cm³/mol. The number of carbonyl (C=O) groups excluding carboxylic acids is 1. The van der Waals surface area contributed by atoms with E-state index in [0.29, 0.717) is 18.2 Å². The number of aromatic nitrogens is 1. The summed E-state index contributed by atoms with van der Waals surface area (Å²) in [5.74, 6) is 0.732. The van der Waals surface area contributed by atoms with Gasteiger partial charge in [-0.05, 0) is 49.6 Å². The Bertz CT molecular complexity index is 983. The highest BCUT2D eigenvalue weighted by atomic mass is 16.1. The van der Waals surface area contributed by atoms with Crippen LogP contribution < -0.4 is 10.2 Å². The van der Waals surface area contributed by atoms with Crippen molar-refractivity contribution in [1.29, 1.82) is 0 Å². The molecule has 0 radical (unpaired) electrons. The minimum Gasteiger partial charge on any atom is -0.348 e. The van der Waals surface area contributed by atoms with Gasteiger partial charge < -0.3 is 10.2 Å². The van der Waals surface area contributed by atoms with Crippen molar-refractivity contribution in [1.82, 2.24) is 10.3 Å². The molecule has 0 saturated carbocycles. The van der Waals surface area contributed by atoms with E-state index in [-0.39, 0.29) is 5.91 Å². The van der Waals surface area contributed by atoms with Crippen LogP contribution in [0.3, 0.4) is 0 Å². The molecular weight excluding hydrogens is 334 g/mol. The first kappa shape index (κ1) is 17.3. The Morgan fingerprint density at radius 1 is 1.15 bits per heavy atom. The van der Waals surface area contributed by atoms with E-state index in [1.165, 1.54) is 16.8 Å². The van der Waals surface area contributed by atoms with E-state index >= 15 is 0 Å². The molecule has 4 rings (SSSR count). The third-order valence-corrected chi connectivity index (χ3v) is 5.00. The van der Waals surface area contributed by atoms with Gasteiger partial charge in [-0.3, -0.25) is 4.79 Å². The molecule has 1 atom stereocenters. The molecule has 27 heavy (non-hydrogen) atoms. The summed E-state index contributed by atoms with van der Waals surface area (Å²) in [5.41, 5.74) is 5.41. The molecule has 1 aromatic heterocycles. The van der Waals surface area contributed by atoms with Crippen molar-refractivity contribution in [3.05, 3.63) is 89.1 Å². The smallest absolute Gasteiger partial charge is 0.251 e. The molecule has 1 aliphatic heterocycles. The van der Waals surface area contributed by atoms with Crippen LogP contribution in [0.5, 0.6) is 0 Å². The summed E-state index contributed by atoms with van der Waals surface area (Å²) in [5, 5.41) is 3.01. The lowest BCUT2D eigenvalue weighted by atomic mass is 10.1. The van der Waals surface area contributed by atoms with Crippen LogP contribution in [0.25, 0.3) is 0 Å². The van der Waals surface area contributed by atoms with Crippen LogP contribution in [0.2, 0.25) is 0 Å². The first-order valence-electron chi connectivity index (χ1n) is 9.29. The normalized spacial score (nSPS) is 15.5. The number of aryl methyl sites for hydroxylation is 1. The van der Waals surface area contributed by atoms with E-state index < -0.39 is 0 Å². The number of fused-ring (bicyclic) bond motifs is 1. The standard InChI is InChI=1S/C23H23N3O/c1-16-6-5-7-18(12-16)15-25-23(27)20-10-11-24-22(14-20)26-17(2)13-19-8-3-4-9-21(19)26/h3-12,14,17H,13,15H2,1-2H3,(H,25,27). The van der Waals surface area contributed by atoms with Gasteiger partial charge in [-0.2, -0.15) is 0 Å². The molecule has 0 aliphatic carbocycles. The predicted octanol–water partition coefficient (Wildman–Crippen LogP) is 4.40. The maximum Gasteiger partial charge on any atom is 0.251 e. The molecule has 1 N–H and O–H groups in total. The Labute approximate surface area is 159 Å². The average molecular weight is 357 g/mol. The fraction of sp³-hybridized carbons (Fsp3) is 0.217. The molecule has 0 bridgehead atoms. The monoisotopic (exact) mass is 357 g/mol. The van der Waals surface area contributed by atoms with Crippen LogP contribution in [-0.2, 0) is 13.0 Å². The fourth-order valence-electron chi connectivity index (χ4n) is 3.71. The molecule has 1 amide bonds. The quantitative estimate of drug-likeness (QED) is 0.753. The van der Waals surface area contributed by atoms with Crippen LogP contribution in [0.15, 0.2) is 66.9 Å². The van der Waals surface area contributed by atoms with Crippen molar-refractivity contribution in [2.45, 2.75) is 32.9 Å². The van der Waals surface area contributed by atoms with Crippen molar-refractivity contribution in [3.63, 3.8) is 0 Å². The largest absolute Gasteiger partial charge is 0.348 e. The molecule has 3 aromatic rings. The Kier molecular flexibility index (Phi) is 4.63. The highest BCUT2D eigenvalue weighted by molar-refractivity contribution is 5.95. The molecule has 1 unspecified atom stereocenters. The van der Waals surface area contributed by atoms with Crippen molar-refractivity contribution in [2.24, 2.45) is 0 Å². The topological polar surface area (TPSA) is 45.2 Å². The molecular formula is C23H23N3O. The number of amides is 1. The lowest BCUT2D eigenvalue weighted by Gasteiger charge is -2.24. The fourth-order valence-corrected chi connectivity index (χ4v) is 3.71. The zero-order chi connectivity index (χ0) is 18.8. The van der Waals surface area contributed by atoms with Crippen LogP contribution in [0, 0.1) is 6.92 Å². The summed E-state index contributed by atoms with van der Waals surface area (Å²) in [7, 11) is 0. The highest BCUT2D eigenvalue weighted by Crippen LogP contribution is 2.37. The van der Waals surface area contributed by atoms with Gasteiger partial charge in [0.1, 0.15) is 5.82 Å². The van der Waals surface area contributed by atoms with Gasteiger partial charge in [-0.15, -0.1) is 0 Å². The first-order valence-corrected chi connectivity index (χ1v) is 9.29. The first-order chi connectivity index (χ1) is 13.1. The number of nitrogens with zero attached hydrogens (tertiary/aromatic N) is 2. The SMILES string of the molecule is Cc1cccc(CNC(=O)c2ccnc(N3c4ccccc4CC3C)c2)c1. The van der Waals surface area contributed by atoms with Gasteiger partial charge in [-0.25, -0.2) is 4.98 Å². The van der Waals surface area contributed by atoms with Gasteiger partial charge in [0, 0.05) is 30.0 Å². The lowest BCUT2D eigenvalue weighted by Crippen LogP contribution is -2.26. The number of pyridine rings is 1. The second-order valence-corrected chi connectivity index (χ2v) is 7.13. The molecule has 2 aromatic carbocycles. The van der Waals surface area contributed by atoms with Gasteiger partial charge in [0.15, 0.2) is 0 Å². The number of hydrogen-bond donors (Lipinski definition) is 1. The molecule has 2 heterocycles. The molecule has 1 aliphatic rings. The number of benzene rings is 2. The van der Waals surface area contributed by atoms with Crippen molar-refractivity contribution >= 4 is 17.4 Å². The zero-order valence-electron chi connectivity index (χ0n) is 15.6. The Balaban J connectivity index is 1.53. The lowest BCUT2D eigenvalue weighted by molar-refractivity contribution is 0.0951. The summed E-state index contributed by atoms with van der Waals surface area (Å²) in [6, 6.07) is 20.5. The van der Waals surface area contributed by atoms with Crippen LogP contribution in [0.1, 0.15) is 34.0 Å². The average Bonchev–Trinajstić information content (AvgIpc) is 3.02. The van der Waals surface area contributed by atoms with Gasteiger partial charge in [0.2, 0.25) is 0 Å². The van der Waals surface area contributed by atoms with Gasteiger partial charge in [0.25, 0.3) is 5.91 Å². The van der Waals surface area contributed by atoms with E-state index in [4.69, 9.17) is 0 Å². The third-order valence-electron chi connectivity index (χ3n) is 5.00. The van der Waals surface area contributed by atoms with E-state index in [0.717, 1.165) is 17.8 Å². The van der Waals surface area contributed by atoms with Crippen molar-refractivity contribution in [2.75, 3.05) is 4.90 Å². The second kappa shape index (κ2) is 7.23. The number of nitrogens with one attached hydrogen (secondary N) is 1. The van der Waals surface area contributed by atoms with E-state index in [1.54, 1.807) is 12.3 Å². The summed E-state index contributed by atoms with van der Waals surface area (Å²) in [6.45, 7) is 4.75.